The van der Waals surface area contributed by atoms with E-state index in [4.69, 9.17) is 19.8 Å². The highest BCUT2D eigenvalue weighted by atomic mass is 16.7. The van der Waals surface area contributed by atoms with Crippen LogP contribution in [-0.4, -0.2) is 30.4 Å². The molecule has 1 aromatic heterocycles. The summed E-state index contributed by atoms with van der Waals surface area (Å²) in [6.45, 7) is 8.02. The van der Waals surface area contributed by atoms with Gasteiger partial charge in [0, 0.05) is 11.7 Å². The molecule has 98 valence electrons. The molecule has 1 saturated heterocycles. The van der Waals surface area contributed by atoms with E-state index in [1.165, 1.54) is 0 Å². The topological polar surface area (TPSA) is 66.6 Å². The van der Waals surface area contributed by atoms with Gasteiger partial charge in [-0.15, -0.1) is 0 Å². The van der Waals surface area contributed by atoms with E-state index in [-0.39, 0.29) is 11.2 Å². The van der Waals surface area contributed by atoms with Crippen LogP contribution < -0.4 is 15.9 Å². The Morgan fingerprint density at radius 1 is 1.22 bits per heavy atom. The molecule has 2 heterocycles. The zero-order chi connectivity index (χ0) is 13.6. The first kappa shape index (κ1) is 13.2. The summed E-state index contributed by atoms with van der Waals surface area (Å²) in [5, 5.41) is 0. The third kappa shape index (κ3) is 1.95. The zero-order valence-electron chi connectivity index (χ0n) is 11.5. The van der Waals surface area contributed by atoms with Crippen LogP contribution in [0, 0.1) is 0 Å². The van der Waals surface area contributed by atoms with Crippen LogP contribution in [0.1, 0.15) is 27.7 Å². The van der Waals surface area contributed by atoms with Crippen molar-refractivity contribution >= 4 is 18.4 Å². The fourth-order valence-corrected chi connectivity index (χ4v) is 1.86. The molecule has 2 rings (SSSR count). The lowest BCUT2D eigenvalue weighted by Crippen LogP contribution is -2.41. The molecule has 0 amide bonds. The van der Waals surface area contributed by atoms with E-state index >= 15 is 0 Å². The van der Waals surface area contributed by atoms with Crippen LogP contribution in [-0.2, 0) is 9.31 Å². The predicted molar refractivity (Wildman–Crippen MR) is 70.9 cm³/mol. The number of methoxy groups -OCH3 is 1. The number of nitrogens with zero attached hydrogens (tertiary/aromatic N) is 1. The van der Waals surface area contributed by atoms with E-state index in [0.29, 0.717) is 11.6 Å². The number of pyridine rings is 1. The normalized spacial score (nSPS) is 21.1. The maximum absolute atomic E-state index is 5.96. The molecule has 0 atom stereocenters. The van der Waals surface area contributed by atoms with Gasteiger partial charge in [0.1, 0.15) is 0 Å². The minimum Gasteiger partial charge on any atom is -0.493 e. The minimum atomic E-state index is -0.491. The Kier molecular flexibility index (Phi) is 3.03. The zero-order valence-corrected chi connectivity index (χ0v) is 11.5. The van der Waals surface area contributed by atoms with Crippen LogP contribution >= 0.6 is 0 Å². The highest BCUT2D eigenvalue weighted by Crippen LogP contribution is 2.37. The third-order valence-electron chi connectivity index (χ3n) is 3.67. The van der Waals surface area contributed by atoms with Gasteiger partial charge in [-0.25, -0.2) is 4.98 Å². The summed E-state index contributed by atoms with van der Waals surface area (Å²) in [6.07, 6.45) is 1.62. The molecular formula is C12H19BN2O3. The van der Waals surface area contributed by atoms with Crippen molar-refractivity contribution in [3.8, 4) is 5.75 Å². The number of aromatic nitrogens is 1. The Morgan fingerprint density at radius 2 is 1.78 bits per heavy atom. The molecule has 0 aromatic carbocycles. The summed E-state index contributed by atoms with van der Waals surface area (Å²) in [7, 11) is 1.07. The lowest BCUT2D eigenvalue weighted by Gasteiger charge is -2.32. The van der Waals surface area contributed by atoms with Crippen molar-refractivity contribution in [1.29, 1.82) is 0 Å². The van der Waals surface area contributed by atoms with Gasteiger partial charge >= 0.3 is 7.12 Å². The van der Waals surface area contributed by atoms with Crippen molar-refractivity contribution in [2.24, 2.45) is 0 Å². The van der Waals surface area contributed by atoms with Crippen LogP contribution in [0.15, 0.2) is 12.3 Å². The average Bonchev–Trinajstić information content (AvgIpc) is 2.47. The van der Waals surface area contributed by atoms with E-state index < -0.39 is 7.12 Å². The van der Waals surface area contributed by atoms with Crippen molar-refractivity contribution < 1.29 is 14.0 Å². The monoisotopic (exact) mass is 250 g/mol. The van der Waals surface area contributed by atoms with Crippen LogP contribution in [0.3, 0.4) is 0 Å². The number of nitrogen functional groups attached to an aromatic ring is 1. The molecule has 5 nitrogen and oxygen atoms in total. The highest BCUT2D eigenvalue weighted by molar-refractivity contribution is 6.63. The number of anilines is 1. The third-order valence-corrected chi connectivity index (χ3v) is 3.67. The average molecular weight is 250 g/mol. The summed E-state index contributed by atoms with van der Waals surface area (Å²) in [6, 6.07) is 1.80. The van der Waals surface area contributed by atoms with Gasteiger partial charge in [-0.2, -0.15) is 0 Å². The fraction of sp³-hybridized carbons (Fsp3) is 0.583. The highest BCUT2D eigenvalue weighted by Gasteiger charge is 2.52. The van der Waals surface area contributed by atoms with Gasteiger partial charge < -0.3 is 19.8 Å². The number of hydrogen-bond acceptors (Lipinski definition) is 5. The Morgan fingerprint density at radius 3 is 2.28 bits per heavy atom. The van der Waals surface area contributed by atoms with Crippen LogP contribution in [0.5, 0.6) is 5.75 Å². The summed E-state index contributed by atoms with van der Waals surface area (Å²) in [4.78, 5) is 4.00. The Labute approximate surface area is 108 Å². The maximum atomic E-state index is 5.96. The first-order valence-corrected chi connectivity index (χ1v) is 5.92. The SMILES string of the molecule is COc1c(B2OC(C)(C)C(C)(C)O2)ccnc1N. The second kappa shape index (κ2) is 4.14. The molecule has 0 spiro atoms. The van der Waals surface area contributed by atoms with Gasteiger partial charge in [0.15, 0.2) is 11.6 Å². The molecule has 1 aliphatic rings. The summed E-state index contributed by atoms with van der Waals surface area (Å²) in [5.74, 6) is 0.848. The molecule has 2 N–H and O–H groups in total. The van der Waals surface area contributed by atoms with Gasteiger partial charge in [0.05, 0.1) is 18.3 Å². The lowest BCUT2D eigenvalue weighted by atomic mass is 9.79. The second-order valence-electron chi connectivity index (χ2n) is 5.41. The largest absolute Gasteiger partial charge is 0.498 e. The Balaban J connectivity index is 2.38. The fourth-order valence-electron chi connectivity index (χ4n) is 1.86. The van der Waals surface area contributed by atoms with Crippen molar-refractivity contribution in [2.45, 2.75) is 38.9 Å². The van der Waals surface area contributed by atoms with Crippen molar-refractivity contribution in [1.82, 2.24) is 4.98 Å². The van der Waals surface area contributed by atoms with E-state index in [1.807, 2.05) is 27.7 Å². The molecule has 1 aliphatic heterocycles. The maximum Gasteiger partial charge on any atom is 0.498 e. The first-order valence-electron chi connectivity index (χ1n) is 5.92. The van der Waals surface area contributed by atoms with Gasteiger partial charge in [-0.1, -0.05) is 0 Å². The van der Waals surface area contributed by atoms with Crippen molar-refractivity contribution in [3.05, 3.63) is 12.3 Å². The van der Waals surface area contributed by atoms with Crippen molar-refractivity contribution in [3.63, 3.8) is 0 Å². The summed E-state index contributed by atoms with van der Waals surface area (Å²) in [5.41, 5.74) is 5.78. The number of nitrogens with two attached hydrogens (primary N) is 1. The molecule has 0 bridgehead atoms. The number of ether oxygens (including phenoxy) is 1. The molecule has 0 aliphatic carbocycles. The minimum absolute atomic E-state index is 0.338. The van der Waals surface area contributed by atoms with Crippen LogP contribution in [0.25, 0.3) is 0 Å². The molecular weight excluding hydrogens is 231 g/mol. The second-order valence-corrected chi connectivity index (χ2v) is 5.41. The molecule has 1 aromatic rings. The van der Waals surface area contributed by atoms with Gasteiger partial charge in [0.2, 0.25) is 0 Å². The molecule has 6 heteroatoms. The quantitative estimate of drug-likeness (QED) is 0.792. The van der Waals surface area contributed by atoms with E-state index in [1.54, 1.807) is 19.4 Å². The number of hydrogen-bond donors (Lipinski definition) is 1. The van der Waals surface area contributed by atoms with E-state index in [2.05, 4.69) is 4.98 Å². The Hall–Kier alpha value is -1.27. The first-order chi connectivity index (χ1) is 8.28. The Bertz CT molecular complexity index is 447. The van der Waals surface area contributed by atoms with E-state index in [0.717, 1.165) is 5.46 Å². The van der Waals surface area contributed by atoms with Crippen LogP contribution in [0.2, 0.25) is 0 Å². The van der Waals surface area contributed by atoms with Gasteiger partial charge in [-0.05, 0) is 33.8 Å². The molecule has 0 saturated carbocycles. The number of rotatable bonds is 2. The van der Waals surface area contributed by atoms with Gasteiger partial charge in [0.25, 0.3) is 0 Å². The molecule has 0 radical (unpaired) electrons. The smallest absolute Gasteiger partial charge is 0.493 e. The predicted octanol–water partition coefficient (Wildman–Crippen LogP) is 0.972. The van der Waals surface area contributed by atoms with Gasteiger partial charge in [-0.3, -0.25) is 0 Å². The molecule has 18 heavy (non-hydrogen) atoms. The van der Waals surface area contributed by atoms with Crippen molar-refractivity contribution in [2.75, 3.05) is 12.8 Å². The van der Waals surface area contributed by atoms with Crippen LogP contribution in [0.4, 0.5) is 5.82 Å². The molecule has 1 fully saturated rings. The lowest BCUT2D eigenvalue weighted by molar-refractivity contribution is 0.00578. The summed E-state index contributed by atoms with van der Waals surface area (Å²) < 4.78 is 17.2. The molecule has 0 unspecified atom stereocenters. The summed E-state index contributed by atoms with van der Waals surface area (Å²) >= 11 is 0. The van der Waals surface area contributed by atoms with E-state index in [9.17, 15) is 0 Å². The standard InChI is InChI=1S/C12H19BN2O3/c1-11(2)12(3,4)18-13(17-11)8-6-7-15-10(14)9(8)16-5/h6-7H,1-5H3,(H2,14,15).